The van der Waals surface area contributed by atoms with Crippen molar-refractivity contribution >= 4 is 0 Å². The Hall–Kier alpha value is -1.10. The van der Waals surface area contributed by atoms with Crippen molar-refractivity contribution in [2.24, 2.45) is 0 Å². The molecule has 0 saturated heterocycles. The van der Waals surface area contributed by atoms with Crippen LogP contribution in [0.5, 0.6) is 5.75 Å². The van der Waals surface area contributed by atoms with E-state index in [0.29, 0.717) is 25.9 Å². The Balaban J connectivity index is 2.38. The monoisotopic (exact) mass is 295 g/mol. The zero-order chi connectivity index (χ0) is 15.5. The molecule has 0 aliphatic carbocycles. The number of rotatable bonds is 11. The second kappa shape index (κ2) is 10.6. The highest BCUT2D eigenvalue weighted by molar-refractivity contribution is 5.40. The lowest BCUT2D eigenvalue weighted by atomic mass is 10.1. The van der Waals surface area contributed by atoms with E-state index >= 15 is 0 Å². The Morgan fingerprint density at radius 3 is 2.62 bits per heavy atom. The Morgan fingerprint density at radius 1 is 1.10 bits per heavy atom. The largest absolute Gasteiger partial charge is 0.491 e. The van der Waals surface area contributed by atoms with Gasteiger partial charge in [0.25, 0.3) is 0 Å². The molecule has 1 rings (SSSR count). The highest BCUT2D eigenvalue weighted by Crippen LogP contribution is 2.23. The third-order valence-corrected chi connectivity index (χ3v) is 3.11. The van der Waals surface area contributed by atoms with E-state index in [1.165, 1.54) is 5.56 Å². The first-order valence-electron chi connectivity index (χ1n) is 7.66. The summed E-state index contributed by atoms with van der Waals surface area (Å²) in [7, 11) is 1.70. The van der Waals surface area contributed by atoms with Crippen molar-refractivity contribution in [3.63, 3.8) is 0 Å². The van der Waals surface area contributed by atoms with Crippen molar-refractivity contribution in [1.82, 2.24) is 5.32 Å². The van der Waals surface area contributed by atoms with Crippen molar-refractivity contribution in [2.45, 2.75) is 39.8 Å². The number of aryl methyl sites for hydroxylation is 1. The van der Waals surface area contributed by atoms with E-state index in [-0.39, 0.29) is 0 Å². The molecule has 0 saturated carbocycles. The second-order valence-electron chi connectivity index (χ2n) is 5.41. The van der Waals surface area contributed by atoms with Gasteiger partial charge in [-0.3, -0.25) is 0 Å². The summed E-state index contributed by atoms with van der Waals surface area (Å²) in [6, 6.07) is 6.72. The average Bonchev–Trinajstić information content (AvgIpc) is 2.46. The highest BCUT2D eigenvalue weighted by Gasteiger charge is 2.07. The summed E-state index contributed by atoms with van der Waals surface area (Å²) in [5, 5.41) is 3.43. The Bertz CT molecular complexity index is 394. The van der Waals surface area contributed by atoms with Gasteiger partial charge in [0.05, 0.1) is 6.61 Å². The van der Waals surface area contributed by atoms with Gasteiger partial charge >= 0.3 is 0 Å². The van der Waals surface area contributed by atoms with Crippen LogP contribution in [0.25, 0.3) is 0 Å². The first-order chi connectivity index (χ1) is 10.1. The molecular weight excluding hydrogens is 266 g/mol. The quantitative estimate of drug-likeness (QED) is 0.637. The van der Waals surface area contributed by atoms with Crippen molar-refractivity contribution in [1.29, 1.82) is 0 Å². The number of para-hydroxylation sites is 1. The molecule has 120 valence electrons. The lowest BCUT2D eigenvalue weighted by Gasteiger charge is -2.16. The fraction of sp³-hybridized carbons (Fsp3) is 0.647. The standard InChI is InChI=1S/C17H29NO3/c1-14(2)18-13-16-8-5-7-15(3)17(16)21-12-11-20-10-6-9-19-4/h5,7-8,14,18H,6,9-13H2,1-4H3. The molecule has 0 aliphatic heterocycles. The van der Waals surface area contributed by atoms with Crippen LogP contribution in [0.3, 0.4) is 0 Å². The van der Waals surface area contributed by atoms with E-state index in [4.69, 9.17) is 14.2 Å². The molecule has 1 aromatic carbocycles. The molecule has 21 heavy (non-hydrogen) atoms. The summed E-state index contributed by atoms with van der Waals surface area (Å²) in [4.78, 5) is 0. The molecule has 0 spiro atoms. The summed E-state index contributed by atoms with van der Waals surface area (Å²) in [5.74, 6) is 0.978. The van der Waals surface area contributed by atoms with Crippen LogP contribution < -0.4 is 10.1 Å². The molecule has 0 amide bonds. The van der Waals surface area contributed by atoms with Crippen LogP contribution in [0.1, 0.15) is 31.4 Å². The molecule has 0 unspecified atom stereocenters. The van der Waals surface area contributed by atoms with Crippen LogP contribution in [0.15, 0.2) is 18.2 Å². The maximum Gasteiger partial charge on any atom is 0.126 e. The molecule has 4 nitrogen and oxygen atoms in total. The van der Waals surface area contributed by atoms with Crippen molar-refractivity contribution < 1.29 is 14.2 Å². The van der Waals surface area contributed by atoms with Crippen molar-refractivity contribution in [2.75, 3.05) is 33.5 Å². The molecular formula is C17H29NO3. The summed E-state index contributed by atoms with van der Waals surface area (Å²) < 4.78 is 16.4. The number of benzene rings is 1. The van der Waals surface area contributed by atoms with Crippen LogP contribution in [-0.2, 0) is 16.0 Å². The second-order valence-corrected chi connectivity index (χ2v) is 5.41. The molecule has 4 heteroatoms. The van der Waals surface area contributed by atoms with Gasteiger partial charge in [0.1, 0.15) is 12.4 Å². The molecule has 1 N–H and O–H groups in total. The highest BCUT2D eigenvalue weighted by atomic mass is 16.5. The van der Waals surface area contributed by atoms with Crippen molar-refractivity contribution in [3.8, 4) is 5.75 Å². The van der Waals surface area contributed by atoms with Gasteiger partial charge in [0.15, 0.2) is 0 Å². The zero-order valence-electron chi connectivity index (χ0n) is 13.8. The molecule has 1 aromatic rings. The minimum atomic E-state index is 0.461. The average molecular weight is 295 g/mol. The third-order valence-electron chi connectivity index (χ3n) is 3.11. The SMILES string of the molecule is COCCCOCCOc1c(C)cccc1CNC(C)C. The minimum Gasteiger partial charge on any atom is -0.491 e. The Morgan fingerprint density at radius 2 is 1.90 bits per heavy atom. The molecule has 0 fully saturated rings. The maximum absolute atomic E-state index is 5.91. The first-order valence-corrected chi connectivity index (χ1v) is 7.66. The number of methoxy groups -OCH3 is 1. The molecule has 0 atom stereocenters. The predicted molar refractivity (Wildman–Crippen MR) is 86.0 cm³/mol. The van der Waals surface area contributed by atoms with Gasteiger partial charge in [0, 0.05) is 38.5 Å². The third kappa shape index (κ3) is 7.46. The molecule has 0 bridgehead atoms. The van der Waals surface area contributed by atoms with E-state index < -0.39 is 0 Å². The van der Waals surface area contributed by atoms with E-state index in [9.17, 15) is 0 Å². The number of nitrogens with one attached hydrogen (secondary N) is 1. The topological polar surface area (TPSA) is 39.7 Å². The maximum atomic E-state index is 5.91. The number of hydrogen-bond acceptors (Lipinski definition) is 4. The summed E-state index contributed by atoms with van der Waals surface area (Å²) in [5.41, 5.74) is 2.36. The molecule has 0 heterocycles. The fourth-order valence-corrected chi connectivity index (χ4v) is 1.98. The summed E-state index contributed by atoms with van der Waals surface area (Å²) >= 11 is 0. The minimum absolute atomic E-state index is 0.461. The normalized spacial score (nSPS) is 11.1. The first kappa shape index (κ1) is 18.0. The van der Waals surface area contributed by atoms with Gasteiger partial charge in [-0.25, -0.2) is 0 Å². The molecule has 0 radical (unpaired) electrons. The lowest BCUT2D eigenvalue weighted by molar-refractivity contribution is 0.0802. The van der Waals surface area contributed by atoms with Gasteiger partial charge in [-0.15, -0.1) is 0 Å². The summed E-state index contributed by atoms with van der Waals surface area (Å²) in [6.45, 7) is 9.82. The van der Waals surface area contributed by atoms with E-state index in [1.54, 1.807) is 7.11 Å². The van der Waals surface area contributed by atoms with E-state index in [0.717, 1.165) is 30.9 Å². The predicted octanol–water partition coefficient (Wildman–Crippen LogP) is 2.92. The smallest absolute Gasteiger partial charge is 0.126 e. The lowest BCUT2D eigenvalue weighted by Crippen LogP contribution is -2.22. The number of ether oxygens (including phenoxy) is 3. The van der Waals surface area contributed by atoms with Crippen LogP contribution in [0, 0.1) is 6.92 Å². The number of hydrogen-bond donors (Lipinski definition) is 1. The Labute approximate surface area is 128 Å². The summed E-state index contributed by atoms with van der Waals surface area (Å²) in [6.07, 6.45) is 0.921. The van der Waals surface area contributed by atoms with E-state index in [2.05, 4.69) is 44.3 Å². The molecule has 0 aromatic heterocycles. The Kier molecular flexibility index (Phi) is 9.06. The van der Waals surface area contributed by atoms with Crippen LogP contribution in [-0.4, -0.2) is 39.6 Å². The fourth-order valence-electron chi connectivity index (χ4n) is 1.98. The van der Waals surface area contributed by atoms with Crippen LogP contribution in [0.4, 0.5) is 0 Å². The van der Waals surface area contributed by atoms with Gasteiger partial charge in [-0.2, -0.15) is 0 Å². The van der Waals surface area contributed by atoms with Crippen LogP contribution in [0.2, 0.25) is 0 Å². The van der Waals surface area contributed by atoms with Crippen LogP contribution >= 0.6 is 0 Å². The van der Waals surface area contributed by atoms with E-state index in [1.807, 2.05) is 0 Å². The van der Waals surface area contributed by atoms with Crippen molar-refractivity contribution in [3.05, 3.63) is 29.3 Å². The van der Waals surface area contributed by atoms with Gasteiger partial charge in [-0.1, -0.05) is 32.0 Å². The van der Waals surface area contributed by atoms with Gasteiger partial charge in [0.2, 0.25) is 0 Å². The zero-order valence-corrected chi connectivity index (χ0v) is 13.8. The molecule has 0 aliphatic rings. The van der Waals surface area contributed by atoms with Gasteiger partial charge in [-0.05, 0) is 18.9 Å². The van der Waals surface area contributed by atoms with Gasteiger partial charge < -0.3 is 19.5 Å².